The molecule has 4 heteroatoms. The number of nitrogens with zero attached hydrogens (tertiary/aromatic N) is 1. The van der Waals surface area contributed by atoms with E-state index in [0.717, 1.165) is 31.1 Å². The van der Waals surface area contributed by atoms with Gasteiger partial charge in [0.15, 0.2) is 0 Å². The van der Waals surface area contributed by atoms with Crippen molar-refractivity contribution in [3.05, 3.63) is 24.3 Å². The monoisotopic (exact) mass is 289 g/mol. The fourth-order valence-corrected chi connectivity index (χ4v) is 2.42. The molecule has 0 saturated carbocycles. The first kappa shape index (κ1) is 15.7. The van der Waals surface area contributed by atoms with Crippen LogP contribution < -0.4 is 9.47 Å². The maximum absolute atomic E-state index is 5.70. The van der Waals surface area contributed by atoms with E-state index in [1.54, 1.807) is 7.11 Å². The zero-order valence-electron chi connectivity index (χ0n) is 13.0. The first-order valence-corrected chi connectivity index (χ1v) is 7.27. The summed E-state index contributed by atoms with van der Waals surface area (Å²) < 4.78 is 16.4. The highest BCUT2D eigenvalue weighted by Gasteiger charge is 2.20. The molecule has 0 amide bonds. The summed E-state index contributed by atoms with van der Waals surface area (Å²) in [5.74, 6) is 7.84. The van der Waals surface area contributed by atoms with Crippen LogP contribution in [0, 0.1) is 11.8 Å². The van der Waals surface area contributed by atoms with E-state index in [2.05, 4.69) is 30.6 Å². The summed E-state index contributed by atoms with van der Waals surface area (Å²) in [5.41, 5.74) is 0. The highest BCUT2D eigenvalue weighted by molar-refractivity contribution is 5.31. The predicted molar refractivity (Wildman–Crippen MR) is 82.7 cm³/mol. The largest absolute Gasteiger partial charge is 0.497 e. The van der Waals surface area contributed by atoms with Crippen molar-refractivity contribution in [1.29, 1.82) is 0 Å². The first-order chi connectivity index (χ1) is 10.2. The molecule has 0 N–H and O–H groups in total. The Hall–Kier alpha value is -1.70. The number of methoxy groups -OCH3 is 1. The molecule has 4 nitrogen and oxygen atoms in total. The summed E-state index contributed by atoms with van der Waals surface area (Å²) in [5, 5.41) is 0. The molecule has 1 fully saturated rings. The standard InChI is InChI=1S/C17H23NO3/c1-14-12-18(13-15(2)21-14)10-4-5-11-20-17-8-6-16(19-3)7-9-17/h6-9,14-15H,10-13H2,1-3H3. The van der Waals surface area contributed by atoms with Gasteiger partial charge in [-0.1, -0.05) is 11.8 Å². The number of benzene rings is 1. The summed E-state index contributed by atoms with van der Waals surface area (Å²) in [6, 6.07) is 7.51. The summed E-state index contributed by atoms with van der Waals surface area (Å²) >= 11 is 0. The second-order valence-electron chi connectivity index (χ2n) is 5.27. The van der Waals surface area contributed by atoms with Crippen molar-refractivity contribution in [2.45, 2.75) is 26.1 Å². The van der Waals surface area contributed by atoms with Crippen LogP contribution >= 0.6 is 0 Å². The van der Waals surface area contributed by atoms with Crippen LogP contribution in [0.1, 0.15) is 13.8 Å². The third-order valence-electron chi connectivity index (χ3n) is 3.29. The lowest BCUT2D eigenvalue weighted by molar-refractivity contribution is -0.0640. The Morgan fingerprint density at radius 3 is 2.33 bits per heavy atom. The third kappa shape index (κ3) is 5.30. The summed E-state index contributed by atoms with van der Waals surface area (Å²) in [6.07, 6.45) is 0.567. The number of rotatable bonds is 4. The van der Waals surface area contributed by atoms with Crippen LogP contribution in [-0.2, 0) is 4.74 Å². The molecule has 0 aromatic heterocycles. The van der Waals surface area contributed by atoms with Gasteiger partial charge in [0, 0.05) is 13.1 Å². The SMILES string of the molecule is COc1ccc(OCC#CCN2CC(C)OC(C)C2)cc1. The predicted octanol–water partition coefficient (Wildman–Crippen LogP) is 2.19. The highest BCUT2D eigenvalue weighted by Crippen LogP contribution is 2.16. The maximum atomic E-state index is 5.70. The zero-order chi connectivity index (χ0) is 15.1. The Labute approximate surface area is 127 Å². The van der Waals surface area contributed by atoms with Gasteiger partial charge in [-0.2, -0.15) is 0 Å². The molecule has 0 aliphatic carbocycles. The second-order valence-corrected chi connectivity index (χ2v) is 5.27. The number of ether oxygens (including phenoxy) is 3. The van der Waals surface area contributed by atoms with E-state index in [1.165, 1.54) is 0 Å². The van der Waals surface area contributed by atoms with Crippen LogP contribution in [0.5, 0.6) is 11.5 Å². The van der Waals surface area contributed by atoms with E-state index in [-0.39, 0.29) is 12.2 Å². The highest BCUT2D eigenvalue weighted by atomic mass is 16.5. The molecule has 1 saturated heterocycles. The smallest absolute Gasteiger partial charge is 0.149 e. The Balaban J connectivity index is 1.71. The number of hydrogen-bond donors (Lipinski definition) is 0. The second kappa shape index (κ2) is 7.92. The van der Waals surface area contributed by atoms with E-state index >= 15 is 0 Å². The molecule has 2 atom stereocenters. The van der Waals surface area contributed by atoms with E-state index in [9.17, 15) is 0 Å². The van der Waals surface area contributed by atoms with Crippen LogP contribution in [0.4, 0.5) is 0 Å². The van der Waals surface area contributed by atoms with Crippen LogP contribution in [-0.4, -0.2) is 50.5 Å². The van der Waals surface area contributed by atoms with E-state index in [1.807, 2.05) is 24.3 Å². The van der Waals surface area contributed by atoms with Crippen molar-refractivity contribution < 1.29 is 14.2 Å². The summed E-state index contributed by atoms with van der Waals surface area (Å²) in [4.78, 5) is 2.32. The Bertz CT molecular complexity index is 479. The van der Waals surface area contributed by atoms with Crippen LogP contribution in [0.25, 0.3) is 0 Å². The molecule has 114 valence electrons. The minimum atomic E-state index is 0.283. The van der Waals surface area contributed by atoms with Crippen molar-refractivity contribution in [3.63, 3.8) is 0 Å². The molecule has 1 aromatic rings. The molecular formula is C17H23NO3. The quantitative estimate of drug-likeness (QED) is 0.795. The minimum Gasteiger partial charge on any atom is -0.497 e. The number of morpholine rings is 1. The lowest BCUT2D eigenvalue weighted by Gasteiger charge is -2.34. The maximum Gasteiger partial charge on any atom is 0.149 e. The molecule has 1 aromatic carbocycles. The molecule has 0 spiro atoms. The summed E-state index contributed by atoms with van der Waals surface area (Å²) in [7, 11) is 1.65. The summed E-state index contributed by atoms with van der Waals surface area (Å²) in [6.45, 7) is 7.26. The Kier molecular flexibility index (Phi) is 5.91. The van der Waals surface area contributed by atoms with Gasteiger partial charge in [-0.05, 0) is 38.1 Å². The third-order valence-corrected chi connectivity index (χ3v) is 3.29. The number of hydrogen-bond acceptors (Lipinski definition) is 4. The van der Waals surface area contributed by atoms with Gasteiger partial charge in [-0.25, -0.2) is 0 Å². The van der Waals surface area contributed by atoms with Gasteiger partial charge in [-0.15, -0.1) is 0 Å². The lowest BCUT2D eigenvalue weighted by atomic mass is 10.2. The average molecular weight is 289 g/mol. The molecule has 0 bridgehead atoms. The normalized spacial score (nSPS) is 22.2. The molecule has 21 heavy (non-hydrogen) atoms. The topological polar surface area (TPSA) is 30.9 Å². The van der Waals surface area contributed by atoms with Crippen molar-refractivity contribution in [1.82, 2.24) is 4.90 Å². The van der Waals surface area contributed by atoms with E-state index in [4.69, 9.17) is 14.2 Å². The molecule has 1 aliphatic rings. The van der Waals surface area contributed by atoms with E-state index < -0.39 is 0 Å². The van der Waals surface area contributed by atoms with Gasteiger partial charge < -0.3 is 14.2 Å². The van der Waals surface area contributed by atoms with Gasteiger partial charge in [0.1, 0.15) is 18.1 Å². The Morgan fingerprint density at radius 2 is 1.71 bits per heavy atom. The molecule has 1 aliphatic heterocycles. The molecule has 1 heterocycles. The fourth-order valence-electron chi connectivity index (χ4n) is 2.42. The molecular weight excluding hydrogens is 266 g/mol. The molecule has 2 unspecified atom stereocenters. The van der Waals surface area contributed by atoms with Gasteiger partial charge in [0.25, 0.3) is 0 Å². The van der Waals surface area contributed by atoms with Crippen molar-refractivity contribution in [3.8, 4) is 23.3 Å². The van der Waals surface area contributed by atoms with Crippen molar-refractivity contribution >= 4 is 0 Å². The van der Waals surface area contributed by atoms with Gasteiger partial charge in [0.05, 0.1) is 25.9 Å². The van der Waals surface area contributed by atoms with Crippen molar-refractivity contribution in [2.75, 3.05) is 33.4 Å². The average Bonchev–Trinajstić information content (AvgIpc) is 2.46. The van der Waals surface area contributed by atoms with Crippen LogP contribution in [0.2, 0.25) is 0 Å². The first-order valence-electron chi connectivity index (χ1n) is 7.27. The van der Waals surface area contributed by atoms with Crippen LogP contribution in [0.3, 0.4) is 0 Å². The van der Waals surface area contributed by atoms with Gasteiger partial charge >= 0.3 is 0 Å². The van der Waals surface area contributed by atoms with Gasteiger partial charge in [-0.3, -0.25) is 4.90 Å². The van der Waals surface area contributed by atoms with Gasteiger partial charge in [0.2, 0.25) is 0 Å². The minimum absolute atomic E-state index is 0.283. The van der Waals surface area contributed by atoms with Crippen LogP contribution in [0.15, 0.2) is 24.3 Å². The lowest BCUT2D eigenvalue weighted by Crippen LogP contribution is -2.45. The Morgan fingerprint density at radius 1 is 1.10 bits per heavy atom. The van der Waals surface area contributed by atoms with Crippen molar-refractivity contribution in [2.24, 2.45) is 0 Å². The molecule has 2 rings (SSSR count). The zero-order valence-corrected chi connectivity index (χ0v) is 13.0. The fraction of sp³-hybridized carbons (Fsp3) is 0.529. The molecule has 0 radical (unpaired) electrons. The van der Waals surface area contributed by atoms with E-state index in [0.29, 0.717) is 6.61 Å².